The van der Waals surface area contributed by atoms with Crippen LogP contribution in [0.3, 0.4) is 0 Å². The first kappa shape index (κ1) is 103. The average molecular weight is 1700 g/mol. The lowest BCUT2D eigenvalue weighted by Crippen LogP contribution is -2.66. The Bertz CT molecular complexity index is 3230. The van der Waals surface area contributed by atoms with Crippen molar-refractivity contribution in [3.05, 3.63) is 0 Å². The van der Waals surface area contributed by atoms with Crippen molar-refractivity contribution in [2.24, 2.45) is 0 Å². The Kier molecular flexibility index (Phi) is 49.2. The minimum absolute atomic E-state index is 0.0746. The zero-order valence-corrected chi connectivity index (χ0v) is 70.0. The molecule has 119 heavy (non-hydrogen) atoms. The van der Waals surface area contributed by atoms with Crippen molar-refractivity contribution in [3.63, 3.8) is 0 Å². The van der Waals surface area contributed by atoms with Gasteiger partial charge >= 0.3 is 59.7 Å². The Morgan fingerprint density at radius 3 is 0.950 bits per heavy atom. The van der Waals surface area contributed by atoms with Crippen molar-refractivity contribution < 1.29 is 162 Å². The molecule has 0 aromatic rings. The molecular weight excluding hydrogens is 1580 g/mol. The number of amides is 8. The second-order valence-electron chi connectivity index (χ2n) is 28.6. The summed E-state index contributed by atoms with van der Waals surface area (Å²) in [6, 6.07) is -5.01. The summed E-state index contributed by atoms with van der Waals surface area (Å²) < 4.78 is 84.7. The Labute approximate surface area is 690 Å². The minimum Gasteiger partial charge on any atom is -0.481 e. The maximum absolute atomic E-state index is 14.5. The van der Waals surface area contributed by atoms with E-state index in [4.69, 9.17) is 76.2 Å². The predicted molar refractivity (Wildman–Crippen MR) is 407 cm³/mol. The zero-order valence-electron chi connectivity index (χ0n) is 70.0. The van der Waals surface area contributed by atoms with Crippen molar-refractivity contribution in [1.29, 1.82) is 0 Å². The van der Waals surface area contributed by atoms with Crippen LogP contribution in [0.5, 0.6) is 0 Å². The maximum atomic E-state index is 14.5. The number of nitrogens with zero attached hydrogens (tertiary/aromatic N) is 1. The van der Waals surface area contributed by atoms with Crippen LogP contribution in [0.2, 0.25) is 0 Å². The number of carboxylic acid groups (broad SMARTS) is 1. The lowest BCUT2D eigenvalue weighted by atomic mass is 9.96. The van der Waals surface area contributed by atoms with Crippen LogP contribution in [0.25, 0.3) is 0 Å². The van der Waals surface area contributed by atoms with Crippen molar-refractivity contribution in [1.82, 2.24) is 42.1 Å². The number of carboxylic acids is 1. The van der Waals surface area contributed by atoms with E-state index in [1.165, 1.54) is 25.7 Å². The fraction of sp³-hybridized carbons (Fsp3) is 0.766. The molecule has 15 unspecified atom stereocenters. The van der Waals surface area contributed by atoms with Crippen molar-refractivity contribution in [2.75, 3.05) is 72.4 Å². The van der Waals surface area contributed by atoms with E-state index in [0.29, 0.717) is 12.8 Å². The molecule has 0 radical (unpaired) electrons. The summed E-state index contributed by atoms with van der Waals surface area (Å²) in [5, 5.41) is 28.0. The highest BCUT2D eigenvalue weighted by Gasteiger charge is 2.54. The number of unbranched alkanes of at least 4 members (excludes halogenated alkanes) is 10. The van der Waals surface area contributed by atoms with Gasteiger partial charge in [0.15, 0.2) is 55.5 Å². The van der Waals surface area contributed by atoms with Gasteiger partial charge in [-0.15, -0.1) is 0 Å². The van der Waals surface area contributed by atoms with Crippen LogP contribution in [0.4, 0.5) is 0 Å². The number of carbonyl (C=O) groups is 18. The number of aliphatic carboxylic acids is 1. The van der Waals surface area contributed by atoms with Gasteiger partial charge in [0.1, 0.15) is 62.3 Å². The molecule has 0 aliphatic carbocycles. The summed E-state index contributed by atoms with van der Waals surface area (Å²) in [6.07, 6.45) is -9.53. The highest BCUT2D eigenvalue weighted by atomic mass is 16.7. The quantitative estimate of drug-likeness (QED) is 0.0234. The number of esters is 9. The Hall–Kier alpha value is -9.78. The molecule has 3 saturated heterocycles. The number of carbonyl (C=O) groups excluding carboxylic acids is 17. The van der Waals surface area contributed by atoms with Crippen LogP contribution in [0.15, 0.2) is 0 Å². The second kappa shape index (κ2) is 56.6. The zero-order chi connectivity index (χ0) is 88.7. The van der Waals surface area contributed by atoms with E-state index in [1.54, 1.807) is 0 Å². The molecule has 42 nitrogen and oxygen atoms in total. The fourth-order valence-corrected chi connectivity index (χ4v) is 13.0. The van der Waals surface area contributed by atoms with Crippen LogP contribution < -0.4 is 37.2 Å². The molecule has 0 spiro atoms. The Morgan fingerprint density at radius 1 is 0.336 bits per heavy atom. The summed E-state index contributed by atoms with van der Waals surface area (Å²) >= 11 is 0. The topological polar surface area (TPSA) is 553 Å². The largest absolute Gasteiger partial charge is 0.481 e. The third kappa shape index (κ3) is 43.1. The molecule has 16 atom stereocenters. The number of hydrogen-bond acceptors (Lipinski definition) is 33. The molecule has 0 aromatic heterocycles. The molecule has 0 bridgehead atoms. The van der Waals surface area contributed by atoms with Gasteiger partial charge in [-0.25, -0.2) is 0 Å². The van der Waals surface area contributed by atoms with Gasteiger partial charge in [0.2, 0.25) is 47.3 Å². The smallest absolute Gasteiger partial charge is 0.303 e. The van der Waals surface area contributed by atoms with E-state index in [9.17, 15) is 86.3 Å². The van der Waals surface area contributed by atoms with Crippen LogP contribution in [0, 0.1) is 0 Å². The Balaban J connectivity index is 1.85. The van der Waals surface area contributed by atoms with Crippen molar-refractivity contribution >= 4 is 107 Å². The van der Waals surface area contributed by atoms with Gasteiger partial charge in [-0.1, -0.05) is 38.5 Å². The predicted octanol–water partition coefficient (Wildman–Crippen LogP) is 0.553. The number of hydrogen-bond donors (Lipinski definition) is 8. The first-order valence-corrected chi connectivity index (χ1v) is 40.0. The van der Waals surface area contributed by atoms with Gasteiger partial charge in [-0.3, -0.25) is 86.3 Å². The first-order chi connectivity index (χ1) is 56.3. The van der Waals surface area contributed by atoms with Gasteiger partial charge < -0.3 is 118 Å². The molecule has 42 heteroatoms. The monoisotopic (exact) mass is 1700 g/mol. The SMILES string of the molecule is CC(=O)NC1C(OCCCCC(=O)NCCN(CCNC(=O)CCCCOC2OC(COC(C)=O)C(OC(C)=O)C(OC(C)=O)C2NC(C)=O)C(=O)CC[C@H](NC(=O)CCCCOC2OC(COC(C)=O)C(OC(C)=O)C(OC(C)=O)C2NC(C)=O)C(=O)NCCCCCCCCCCC(=O)O)OC(COC(C)=O)C(OC(C)=O)C1OC(C)=O. The van der Waals surface area contributed by atoms with E-state index in [0.717, 1.165) is 101 Å². The van der Waals surface area contributed by atoms with E-state index < -0.39 is 225 Å². The molecule has 3 fully saturated rings. The maximum Gasteiger partial charge on any atom is 0.303 e. The molecule has 3 rings (SSSR count). The third-order valence-electron chi connectivity index (χ3n) is 18.1. The molecular formula is C77H122N8O34. The summed E-state index contributed by atoms with van der Waals surface area (Å²) in [6.45, 7) is 11.5. The number of rotatable bonds is 55. The van der Waals surface area contributed by atoms with Gasteiger partial charge in [0, 0.05) is 168 Å². The summed E-state index contributed by atoms with van der Waals surface area (Å²) in [5.74, 6) is -12.3. The Morgan fingerprint density at radius 2 is 0.639 bits per heavy atom. The van der Waals surface area contributed by atoms with E-state index >= 15 is 0 Å². The molecule has 8 N–H and O–H groups in total. The van der Waals surface area contributed by atoms with Crippen LogP contribution in [-0.4, -0.2) is 287 Å². The normalized spacial score (nSPS) is 22.7. The standard InChI is InChI=1S/C77H122N8O34/c1-44(86)81-65-71(114-53(10)95)68(111-50(7)92)57(41-108-47(4)89)117-75(65)105-38-24-20-27-60(98)78-34-36-85(37-35-79-61(99)28-21-25-39-106-76-66(82-45(2)87)72(115-54(11)96)69(112-51(8)93)58(118-76)42-109-48(5)90)63(101)32-31-56(74(104)80-33-23-18-16-14-13-15-17-19-30-64(102)103)84-62(100)29-22-26-40-107-77-67(83-46(3)88)73(116-55(12)97)70(113-52(9)94)59(119-77)43-110-49(6)91/h56-59,65-73,75-77H,13-43H2,1-12H3,(H,78,98)(H,79,99)(H,80,104)(H,81,86)(H,82,87)(H,83,88)(H,84,100)(H,102,103)/t56-,57?,58?,59?,65?,66?,67?,68?,69?,70?,71?,72?,73?,75?,76?,77?/m0/s1. The van der Waals surface area contributed by atoms with Gasteiger partial charge in [-0.2, -0.15) is 0 Å². The molecule has 3 aliphatic heterocycles. The molecule has 3 aliphatic rings. The summed E-state index contributed by atoms with van der Waals surface area (Å²) in [4.78, 5) is 229. The lowest BCUT2D eigenvalue weighted by Gasteiger charge is -2.44. The van der Waals surface area contributed by atoms with Gasteiger partial charge in [0.05, 0.1) is 0 Å². The molecule has 8 amide bonds. The first-order valence-electron chi connectivity index (χ1n) is 40.0. The average Bonchev–Trinajstić information content (AvgIpc) is 0.798. The second-order valence-corrected chi connectivity index (χ2v) is 28.6. The van der Waals surface area contributed by atoms with Crippen LogP contribution in [-0.2, 0) is 157 Å². The summed E-state index contributed by atoms with van der Waals surface area (Å²) in [5.41, 5.74) is 0. The molecule has 3 heterocycles. The molecule has 0 aromatic carbocycles. The van der Waals surface area contributed by atoms with Crippen molar-refractivity contribution in [2.45, 2.75) is 309 Å². The van der Waals surface area contributed by atoms with Crippen LogP contribution >= 0.6 is 0 Å². The fourth-order valence-electron chi connectivity index (χ4n) is 13.0. The van der Waals surface area contributed by atoms with Gasteiger partial charge in [-0.05, 0) is 57.8 Å². The number of ether oxygens (including phenoxy) is 15. The highest BCUT2D eigenvalue weighted by Crippen LogP contribution is 2.32. The highest BCUT2D eigenvalue weighted by molar-refractivity contribution is 5.88. The van der Waals surface area contributed by atoms with E-state index in [2.05, 4.69) is 37.2 Å². The minimum atomic E-state index is -1.39. The van der Waals surface area contributed by atoms with E-state index in [1.807, 2.05) is 0 Å². The summed E-state index contributed by atoms with van der Waals surface area (Å²) in [7, 11) is 0. The molecule has 0 saturated carbocycles. The van der Waals surface area contributed by atoms with E-state index in [-0.39, 0.29) is 130 Å². The number of nitrogens with one attached hydrogen (secondary N) is 7. The van der Waals surface area contributed by atoms with Crippen molar-refractivity contribution in [3.8, 4) is 0 Å². The lowest BCUT2D eigenvalue weighted by molar-refractivity contribution is -0.277. The molecule has 674 valence electrons. The van der Waals surface area contributed by atoms with Gasteiger partial charge in [0.25, 0.3) is 0 Å². The van der Waals surface area contributed by atoms with Crippen LogP contribution in [0.1, 0.15) is 212 Å². The third-order valence-corrected chi connectivity index (χ3v) is 18.1.